The van der Waals surface area contributed by atoms with E-state index in [4.69, 9.17) is 14.2 Å². The number of hydrogen-bond acceptors (Lipinski definition) is 7. The third-order valence-electron chi connectivity index (χ3n) is 3.75. The van der Waals surface area contributed by atoms with Gasteiger partial charge in [-0.05, 0) is 48.9 Å². The molecule has 7 heteroatoms. The molecule has 0 bridgehead atoms. The van der Waals surface area contributed by atoms with Gasteiger partial charge in [-0.2, -0.15) is 5.10 Å². The molecule has 0 aliphatic rings. The molecule has 0 unspecified atom stereocenters. The first-order chi connectivity index (χ1) is 13.2. The fraction of sp³-hybridized carbons (Fsp3) is 0.200. The molecule has 6 nitrogen and oxygen atoms in total. The van der Waals surface area contributed by atoms with E-state index in [0.717, 1.165) is 28.3 Å². The Balaban J connectivity index is 1.67. The first-order valence-electron chi connectivity index (χ1n) is 8.43. The van der Waals surface area contributed by atoms with Crippen LogP contribution in [0, 0.1) is 0 Å². The molecule has 0 spiro atoms. The third-order valence-corrected chi connectivity index (χ3v) is 4.50. The van der Waals surface area contributed by atoms with E-state index in [1.165, 1.54) is 11.3 Å². The van der Waals surface area contributed by atoms with Crippen molar-refractivity contribution in [3.8, 4) is 28.5 Å². The summed E-state index contributed by atoms with van der Waals surface area (Å²) >= 11 is 1.47. The maximum Gasteiger partial charge on any atom is 0.203 e. The number of nitrogens with one attached hydrogen (secondary N) is 1. The van der Waals surface area contributed by atoms with Crippen molar-refractivity contribution in [1.82, 2.24) is 4.98 Å². The van der Waals surface area contributed by atoms with Crippen LogP contribution in [0.15, 0.2) is 52.9 Å². The van der Waals surface area contributed by atoms with Crippen LogP contribution in [0.4, 0.5) is 5.13 Å². The van der Waals surface area contributed by atoms with E-state index in [0.29, 0.717) is 17.5 Å². The topological polar surface area (TPSA) is 65.0 Å². The zero-order valence-corrected chi connectivity index (χ0v) is 16.2. The zero-order chi connectivity index (χ0) is 19.1. The van der Waals surface area contributed by atoms with Gasteiger partial charge in [-0.3, -0.25) is 5.43 Å². The van der Waals surface area contributed by atoms with Gasteiger partial charge in [0, 0.05) is 17.0 Å². The first-order valence-corrected chi connectivity index (χ1v) is 9.31. The van der Waals surface area contributed by atoms with Gasteiger partial charge in [-0.25, -0.2) is 4.98 Å². The predicted molar refractivity (Wildman–Crippen MR) is 109 cm³/mol. The minimum absolute atomic E-state index is 0.653. The molecule has 1 N–H and O–H groups in total. The molecule has 0 amide bonds. The Hall–Kier alpha value is -3.06. The van der Waals surface area contributed by atoms with Crippen molar-refractivity contribution < 1.29 is 14.2 Å². The molecule has 3 aromatic rings. The molecular formula is C20H21N3O3S. The summed E-state index contributed by atoms with van der Waals surface area (Å²) in [6.07, 6.45) is 1.74. The van der Waals surface area contributed by atoms with Crippen LogP contribution in [-0.2, 0) is 0 Å². The van der Waals surface area contributed by atoms with Crippen molar-refractivity contribution in [3.05, 3.63) is 53.4 Å². The summed E-state index contributed by atoms with van der Waals surface area (Å²) in [6.45, 7) is 2.61. The van der Waals surface area contributed by atoms with Gasteiger partial charge in [0.2, 0.25) is 5.13 Å². The molecule has 2 aromatic carbocycles. The Kier molecular flexibility index (Phi) is 6.27. The maximum absolute atomic E-state index is 5.44. The van der Waals surface area contributed by atoms with Crippen molar-refractivity contribution in [3.63, 3.8) is 0 Å². The van der Waals surface area contributed by atoms with E-state index >= 15 is 0 Å². The summed E-state index contributed by atoms with van der Waals surface area (Å²) in [4.78, 5) is 4.57. The standard InChI is InChI=1S/C20H21N3O3S/c1-4-26-15-7-5-14(6-8-15)12-21-23-20-22-18(13-27-20)17-10-9-16(24-2)11-19(17)25-3/h5-13H,4H2,1-3H3,(H,22,23)/b21-12-. The van der Waals surface area contributed by atoms with Gasteiger partial charge < -0.3 is 14.2 Å². The number of nitrogens with zero attached hydrogens (tertiary/aromatic N) is 2. The molecule has 0 aliphatic heterocycles. The van der Waals surface area contributed by atoms with E-state index in [-0.39, 0.29) is 0 Å². The van der Waals surface area contributed by atoms with Crippen LogP contribution in [0.5, 0.6) is 17.2 Å². The van der Waals surface area contributed by atoms with E-state index < -0.39 is 0 Å². The van der Waals surface area contributed by atoms with Crippen LogP contribution in [-0.4, -0.2) is 32.0 Å². The highest BCUT2D eigenvalue weighted by molar-refractivity contribution is 7.14. The maximum atomic E-state index is 5.44. The van der Waals surface area contributed by atoms with Crippen molar-refractivity contribution in [2.75, 3.05) is 26.3 Å². The normalized spacial score (nSPS) is 10.8. The third kappa shape index (κ3) is 4.77. The lowest BCUT2D eigenvalue weighted by molar-refractivity contribution is 0.340. The largest absolute Gasteiger partial charge is 0.497 e. The van der Waals surface area contributed by atoms with Crippen molar-refractivity contribution in [2.45, 2.75) is 6.92 Å². The number of rotatable bonds is 8. The fourth-order valence-electron chi connectivity index (χ4n) is 2.44. The number of ether oxygens (including phenoxy) is 3. The molecule has 0 radical (unpaired) electrons. The molecule has 0 aliphatic carbocycles. The molecule has 140 valence electrons. The highest BCUT2D eigenvalue weighted by Gasteiger charge is 2.11. The molecule has 0 atom stereocenters. The van der Waals surface area contributed by atoms with E-state index in [1.54, 1.807) is 20.4 Å². The highest BCUT2D eigenvalue weighted by Crippen LogP contribution is 2.34. The summed E-state index contributed by atoms with van der Waals surface area (Å²) in [7, 11) is 3.26. The van der Waals surface area contributed by atoms with Gasteiger partial charge in [0.05, 0.1) is 32.7 Å². The SMILES string of the molecule is CCOc1ccc(/C=N\Nc2nc(-c3ccc(OC)cc3OC)cs2)cc1. The minimum atomic E-state index is 0.653. The number of thiazole rings is 1. The molecule has 0 fully saturated rings. The highest BCUT2D eigenvalue weighted by atomic mass is 32.1. The number of hydrazone groups is 1. The second-order valence-corrected chi connectivity index (χ2v) is 6.33. The summed E-state index contributed by atoms with van der Waals surface area (Å²) < 4.78 is 16.1. The Labute approximate surface area is 162 Å². The smallest absolute Gasteiger partial charge is 0.203 e. The molecule has 27 heavy (non-hydrogen) atoms. The second kappa shape index (κ2) is 9.05. The van der Waals surface area contributed by atoms with Crippen LogP contribution in [0.25, 0.3) is 11.3 Å². The zero-order valence-electron chi connectivity index (χ0n) is 15.4. The number of methoxy groups -OCH3 is 2. The van der Waals surface area contributed by atoms with Gasteiger partial charge in [0.1, 0.15) is 17.2 Å². The lowest BCUT2D eigenvalue weighted by Crippen LogP contribution is -1.93. The Morgan fingerprint density at radius 1 is 1.07 bits per heavy atom. The second-order valence-electron chi connectivity index (χ2n) is 5.48. The lowest BCUT2D eigenvalue weighted by Gasteiger charge is -2.08. The molecule has 0 saturated heterocycles. The van der Waals surface area contributed by atoms with E-state index in [9.17, 15) is 0 Å². The van der Waals surface area contributed by atoms with Gasteiger partial charge >= 0.3 is 0 Å². The van der Waals surface area contributed by atoms with Gasteiger partial charge in [-0.1, -0.05) is 0 Å². The van der Waals surface area contributed by atoms with Crippen LogP contribution < -0.4 is 19.6 Å². The number of aromatic nitrogens is 1. The van der Waals surface area contributed by atoms with Crippen LogP contribution in [0.3, 0.4) is 0 Å². The molecule has 1 aromatic heterocycles. The van der Waals surface area contributed by atoms with Crippen LogP contribution in [0.1, 0.15) is 12.5 Å². The average molecular weight is 383 g/mol. The monoisotopic (exact) mass is 383 g/mol. The minimum Gasteiger partial charge on any atom is -0.497 e. The van der Waals surface area contributed by atoms with Gasteiger partial charge in [0.25, 0.3) is 0 Å². The predicted octanol–water partition coefficient (Wildman–Crippen LogP) is 4.67. The van der Waals surface area contributed by atoms with Gasteiger partial charge in [-0.15, -0.1) is 11.3 Å². The van der Waals surface area contributed by atoms with Crippen LogP contribution in [0.2, 0.25) is 0 Å². The summed E-state index contributed by atoms with van der Waals surface area (Å²) in [5.74, 6) is 2.30. The van der Waals surface area contributed by atoms with E-state index in [2.05, 4.69) is 15.5 Å². The number of anilines is 1. The first kappa shape index (κ1) is 18.7. The Morgan fingerprint density at radius 2 is 1.85 bits per heavy atom. The average Bonchev–Trinajstić information content (AvgIpc) is 3.17. The number of hydrogen-bond donors (Lipinski definition) is 1. The van der Waals surface area contributed by atoms with Crippen LogP contribution >= 0.6 is 11.3 Å². The molecular weight excluding hydrogens is 362 g/mol. The van der Waals surface area contributed by atoms with Crippen molar-refractivity contribution in [1.29, 1.82) is 0 Å². The fourth-order valence-corrected chi connectivity index (χ4v) is 3.10. The summed E-state index contributed by atoms with van der Waals surface area (Å²) in [6, 6.07) is 13.4. The van der Waals surface area contributed by atoms with Gasteiger partial charge in [0.15, 0.2) is 0 Å². The van der Waals surface area contributed by atoms with Crippen molar-refractivity contribution in [2.24, 2.45) is 5.10 Å². The number of benzene rings is 2. The summed E-state index contributed by atoms with van der Waals surface area (Å²) in [5, 5.41) is 6.90. The molecule has 1 heterocycles. The summed E-state index contributed by atoms with van der Waals surface area (Å²) in [5.41, 5.74) is 5.65. The lowest BCUT2D eigenvalue weighted by atomic mass is 10.1. The van der Waals surface area contributed by atoms with E-state index in [1.807, 2.05) is 54.8 Å². The Morgan fingerprint density at radius 3 is 2.56 bits per heavy atom. The quantitative estimate of drug-likeness (QED) is 0.452. The Bertz CT molecular complexity index is 907. The molecule has 0 saturated carbocycles. The molecule has 3 rings (SSSR count). The van der Waals surface area contributed by atoms with Crippen molar-refractivity contribution >= 4 is 22.7 Å².